The molecule has 0 spiro atoms. The van der Waals surface area contributed by atoms with Crippen LogP contribution < -0.4 is 5.56 Å². The number of rotatable bonds is 5. The highest BCUT2D eigenvalue weighted by Gasteiger charge is 2.10. The highest BCUT2D eigenvalue weighted by molar-refractivity contribution is 7.16. The van der Waals surface area contributed by atoms with Crippen molar-refractivity contribution in [2.75, 3.05) is 6.54 Å². The summed E-state index contributed by atoms with van der Waals surface area (Å²) in [5.41, 5.74) is 1.99. The Morgan fingerprint density at radius 2 is 2.00 bits per heavy atom. The van der Waals surface area contributed by atoms with E-state index in [1.165, 1.54) is 16.9 Å². The van der Waals surface area contributed by atoms with Crippen LogP contribution in [0.5, 0.6) is 0 Å². The van der Waals surface area contributed by atoms with E-state index in [0.717, 1.165) is 33.6 Å². The first-order valence-electron chi connectivity index (χ1n) is 7.50. The van der Waals surface area contributed by atoms with Crippen LogP contribution in [-0.4, -0.2) is 20.8 Å². The fraction of sp³-hybridized carbons (Fsp3) is 0.294. The van der Waals surface area contributed by atoms with E-state index in [2.05, 4.69) is 16.8 Å². The third kappa shape index (κ3) is 3.80. The predicted octanol–water partition coefficient (Wildman–Crippen LogP) is 3.74. The van der Waals surface area contributed by atoms with Crippen molar-refractivity contribution in [1.29, 1.82) is 0 Å². The topological polar surface area (TPSA) is 37.6 Å². The Labute approximate surface area is 144 Å². The maximum atomic E-state index is 12.2. The van der Waals surface area contributed by atoms with Gasteiger partial charge < -0.3 is 0 Å². The van der Waals surface area contributed by atoms with E-state index < -0.39 is 0 Å². The molecule has 2 heterocycles. The van der Waals surface area contributed by atoms with Gasteiger partial charge in [-0.2, -0.15) is 0 Å². The molecule has 0 aliphatic heterocycles. The standard InChI is InChI=1S/C17H18ClN3OS/c1-3-20(10-13-4-6-14(18)7-5-13)11-15-8-16(22)21-9-12(2)23-17(21)19-15/h4-9H,3,10-11H2,1-2H3. The summed E-state index contributed by atoms with van der Waals surface area (Å²) >= 11 is 7.47. The van der Waals surface area contributed by atoms with Gasteiger partial charge in [-0.3, -0.25) is 14.1 Å². The second-order valence-electron chi connectivity index (χ2n) is 5.51. The lowest BCUT2D eigenvalue weighted by atomic mass is 10.2. The van der Waals surface area contributed by atoms with Crippen LogP contribution in [0.25, 0.3) is 4.96 Å². The second-order valence-corrected chi connectivity index (χ2v) is 7.16. The molecule has 1 aromatic carbocycles. The Morgan fingerprint density at radius 1 is 1.26 bits per heavy atom. The zero-order valence-corrected chi connectivity index (χ0v) is 14.7. The molecule has 3 aromatic rings. The van der Waals surface area contributed by atoms with Crippen LogP contribution in [0.1, 0.15) is 23.1 Å². The van der Waals surface area contributed by atoms with Crippen LogP contribution in [0.15, 0.2) is 41.3 Å². The molecule has 0 saturated heterocycles. The molecular formula is C17H18ClN3OS. The van der Waals surface area contributed by atoms with E-state index in [-0.39, 0.29) is 5.56 Å². The summed E-state index contributed by atoms with van der Waals surface area (Å²) < 4.78 is 1.61. The molecule has 23 heavy (non-hydrogen) atoms. The number of fused-ring (bicyclic) bond motifs is 1. The quantitative estimate of drug-likeness (QED) is 0.705. The maximum Gasteiger partial charge on any atom is 0.258 e. The summed E-state index contributed by atoms with van der Waals surface area (Å²) in [6, 6.07) is 9.48. The molecule has 6 heteroatoms. The molecule has 0 amide bonds. The van der Waals surface area contributed by atoms with Gasteiger partial charge in [0.05, 0.1) is 5.69 Å². The smallest absolute Gasteiger partial charge is 0.258 e. The average Bonchev–Trinajstić information content (AvgIpc) is 2.90. The number of nitrogens with zero attached hydrogens (tertiary/aromatic N) is 3. The van der Waals surface area contributed by atoms with Crippen LogP contribution >= 0.6 is 22.9 Å². The summed E-state index contributed by atoms with van der Waals surface area (Å²) in [5, 5.41) is 0.741. The first kappa shape index (κ1) is 16.2. The van der Waals surface area contributed by atoms with Crippen molar-refractivity contribution >= 4 is 27.9 Å². The summed E-state index contributed by atoms with van der Waals surface area (Å²) in [4.78, 5) is 20.9. The van der Waals surface area contributed by atoms with Gasteiger partial charge >= 0.3 is 0 Å². The highest BCUT2D eigenvalue weighted by atomic mass is 35.5. The first-order chi connectivity index (χ1) is 11.0. The van der Waals surface area contributed by atoms with Gasteiger partial charge in [-0.15, -0.1) is 11.3 Å². The molecule has 2 aromatic heterocycles. The van der Waals surface area contributed by atoms with Crippen molar-refractivity contribution in [3.63, 3.8) is 0 Å². The molecule has 0 N–H and O–H groups in total. The van der Waals surface area contributed by atoms with Crippen LogP contribution in [0.3, 0.4) is 0 Å². The van der Waals surface area contributed by atoms with E-state index in [1.54, 1.807) is 10.5 Å². The Bertz CT molecular complexity index is 870. The summed E-state index contributed by atoms with van der Waals surface area (Å²) in [5.74, 6) is 0. The fourth-order valence-corrected chi connectivity index (χ4v) is 3.47. The fourth-order valence-electron chi connectivity index (χ4n) is 2.50. The lowest BCUT2D eigenvalue weighted by Gasteiger charge is -2.20. The van der Waals surface area contributed by atoms with E-state index >= 15 is 0 Å². The van der Waals surface area contributed by atoms with Gasteiger partial charge in [-0.25, -0.2) is 4.98 Å². The molecule has 120 valence electrons. The minimum absolute atomic E-state index is 0.0168. The van der Waals surface area contributed by atoms with E-state index in [1.807, 2.05) is 37.4 Å². The Balaban J connectivity index is 1.81. The van der Waals surface area contributed by atoms with Gasteiger partial charge in [0.15, 0.2) is 4.96 Å². The zero-order valence-electron chi connectivity index (χ0n) is 13.1. The molecule has 0 aliphatic rings. The molecule has 0 aliphatic carbocycles. The third-order valence-electron chi connectivity index (χ3n) is 3.69. The van der Waals surface area contributed by atoms with Gasteiger partial charge in [0.1, 0.15) is 0 Å². The molecule has 0 unspecified atom stereocenters. The van der Waals surface area contributed by atoms with Crippen molar-refractivity contribution < 1.29 is 0 Å². The van der Waals surface area contributed by atoms with Crippen molar-refractivity contribution in [2.24, 2.45) is 0 Å². The van der Waals surface area contributed by atoms with Crippen LogP contribution in [-0.2, 0) is 13.1 Å². The van der Waals surface area contributed by atoms with E-state index in [4.69, 9.17) is 11.6 Å². The monoisotopic (exact) mass is 347 g/mol. The lowest BCUT2D eigenvalue weighted by Crippen LogP contribution is -2.24. The molecule has 0 fully saturated rings. The predicted molar refractivity (Wildman–Crippen MR) is 95.3 cm³/mol. The van der Waals surface area contributed by atoms with Crippen molar-refractivity contribution in [3.05, 3.63) is 68.0 Å². The average molecular weight is 348 g/mol. The molecule has 3 rings (SSSR count). The molecule has 4 nitrogen and oxygen atoms in total. The van der Waals surface area contributed by atoms with Gasteiger partial charge in [-0.1, -0.05) is 30.7 Å². The van der Waals surface area contributed by atoms with Gasteiger partial charge in [-0.05, 0) is 31.2 Å². The van der Waals surface area contributed by atoms with Gasteiger partial charge in [0.25, 0.3) is 5.56 Å². The lowest BCUT2D eigenvalue weighted by molar-refractivity contribution is 0.268. The number of aromatic nitrogens is 2. The molecule has 0 atom stereocenters. The Hall–Kier alpha value is -1.69. The number of hydrogen-bond acceptors (Lipinski definition) is 4. The molecule has 0 bridgehead atoms. The summed E-state index contributed by atoms with van der Waals surface area (Å²) in [7, 11) is 0. The molecular weight excluding hydrogens is 330 g/mol. The first-order valence-corrected chi connectivity index (χ1v) is 8.70. The van der Waals surface area contributed by atoms with E-state index in [0.29, 0.717) is 6.54 Å². The van der Waals surface area contributed by atoms with Crippen LogP contribution in [0.2, 0.25) is 5.02 Å². The summed E-state index contributed by atoms with van der Waals surface area (Å²) in [6.07, 6.45) is 1.84. The number of halogens is 1. The second kappa shape index (κ2) is 6.83. The number of hydrogen-bond donors (Lipinski definition) is 0. The molecule has 0 radical (unpaired) electrons. The SMILES string of the molecule is CCN(Cc1ccc(Cl)cc1)Cc1cc(=O)n2cc(C)sc2n1. The largest absolute Gasteiger partial charge is 0.294 e. The normalized spacial score (nSPS) is 11.5. The van der Waals surface area contributed by atoms with Crippen molar-refractivity contribution in [1.82, 2.24) is 14.3 Å². The van der Waals surface area contributed by atoms with Gasteiger partial charge in [0.2, 0.25) is 0 Å². The van der Waals surface area contributed by atoms with E-state index in [9.17, 15) is 4.79 Å². The number of aryl methyl sites for hydroxylation is 1. The molecule has 0 saturated carbocycles. The minimum Gasteiger partial charge on any atom is -0.294 e. The number of thiazole rings is 1. The zero-order chi connectivity index (χ0) is 16.4. The highest BCUT2D eigenvalue weighted by Crippen LogP contribution is 2.15. The van der Waals surface area contributed by atoms with Crippen LogP contribution in [0, 0.1) is 6.92 Å². The van der Waals surface area contributed by atoms with Crippen molar-refractivity contribution in [3.8, 4) is 0 Å². The maximum absolute atomic E-state index is 12.2. The Kier molecular flexibility index (Phi) is 4.80. The summed E-state index contributed by atoms with van der Waals surface area (Å²) in [6.45, 7) is 6.43. The Morgan fingerprint density at radius 3 is 2.70 bits per heavy atom. The number of benzene rings is 1. The van der Waals surface area contributed by atoms with Crippen molar-refractivity contribution in [2.45, 2.75) is 26.9 Å². The van der Waals surface area contributed by atoms with Gasteiger partial charge in [0, 0.05) is 35.3 Å². The minimum atomic E-state index is -0.0168. The van der Waals surface area contributed by atoms with Crippen LogP contribution in [0.4, 0.5) is 0 Å². The third-order valence-corrected chi connectivity index (χ3v) is 4.84.